The Bertz CT molecular complexity index is 341. The standard InChI is InChI=1S/C5H8N2O2S2/c1-11(8,9)3-4-2-7-5(6)10-4/h2H,3H2,1H3,(H2,6,7). The van der Waals surface area contributed by atoms with Crippen molar-refractivity contribution in [2.45, 2.75) is 5.75 Å². The molecule has 1 heterocycles. The second-order valence-electron chi connectivity index (χ2n) is 2.23. The van der Waals surface area contributed by atoms with Crippen LogP contribution in [0.1, 0.15) is 4.88 Å². The van der Waals surface area contributed by atoms with Gasteiger partial charge in [0.15, 0.2) is 15.0 Å². The molecular weight excluding hydrogens is 184 g/mol. The molecule has 0 aliphatic rings. The summed E-state index contributed by atoms with van der Waals surface area (Å²) < 4.78 is 21.5. The fourth-order valence-corrected chi connectivity index (χ4v) is 2.60. The van der Waals surface area contributed by atoms with E-state index >= 15 is 0 Å². The Labute approximate surface area is 69.0 Å². The molecule has 11 heavy (non-hydrogen) atoms. The molecule has 2 N–H and O–H groups in total. The van der Waals surface area contributed by atoms with Crippen LogP contribution in [0.25, 0.3) is 0 Å². The third-order valence-electron chi connectivity index (χ3n) is 0.976. The Hall–Kier alpha value is -0.620. The Morgan fingerprint density at radius 1 is 1.73 bits per heavy atom. The predicted octanol–water partition coefficient (Wildman–Crippen LogP) is 0.270. The highest BCUT2D eigenvalue weighted by Crippen LogP contribution is 2.16. The van der Waals surface area contributed by atoms with E-state index in [1.807, 2.05) is 0 Å². The molecule has 0 saturated heterocycles. The molecule has 0 fully saturated rings. The monoisotopic (exact) mass is 192 g/mol. The second kappa shape index (κ2) is 2.78. The summed E-state index contributed by atoms with van der Waals surface area (Å²) in [7, 11) is -2.95. The number of hydrogen-bond donors (Lipinski definition) is 1. The zero-order chi connectivity index (χ0) is 8.48. The van der Waals surface area contributed by atoms with Crippen LogP contribution >= 0.6 is 11.3 Å². The van der Waals surface area contributed by atoms with Gasteiger partial charge in [0, 0.05) is 17.3 Å². The van der Waals surface area contributed by atoms with Crippen molar-refractivity contribution in [1.29, 1.82) is 0 Å². The number of hydrogen-bond acceptors (Lipinski definition) is 5. The SMILES string of the molecule is CS(=O)(=O)Cc1cnc(N)s1. The third kappa shape index (κ3) is 2.85. The van der Waals surface area contributed by atoms with Crippen molar-refractivity contribution in [1.82, 2.24) is 4.98 Å². The van der Waals surface area contributed by atoms with Gasteiger partial charge in [-0.05, 0) is 0 Å². The number of aromatic nitrogens is 1. The minimum Gasteiger partial charge on any atom is -0.375 e. The van der Waals surface area contributed by atoms with Crippen LogP contribution in [0.5, 0.6) is 0 Å². The average Bonchev–Trinajstić information content (AvgIpc) is 2.10. The minimum atomic E-state index is -2.95. The summed E-state index contributed by atoms with van der Waals surface area (Å²) >= 11 is 1.20. The summed E-state index contributed by atoms with van der Waals surface area (Å²) in [6, 6.07) is 0. The fraction of sp³-hybridized carbons (Fsp3) is 0.400. The molecule has 1 aromatic heterocycles. The Morgan fingerprint density at radius 2 is 2.36 bits per heavy atom. The summed E-state index contributed by atoms with van der Waals surface area (Å²) in [6.07, 6.45) is 2.67. The maximum Gasteiger partial charge on any atom is 0.180 e. The zero-order valence-electron chi connectivity index (χ0n) is 5.94. The maximum absolute atomic E-state index is 10.7. The summed E-state index contributed by atoms with van der Waals surface area (Å²) in [5.74, 6) is 0.0296. The van der Waals surface area contributed by atoms with E-state index in [2.05, 4.69) is 4.98 Å². The van der Waals surface area contributed by atoms with Crippen molar-refractivity contribution >= 4 is 26.3 Å². The van der Waals surface area contributed by atoms with Gasteiger partial charge in [0.1, 0.15) is 0 Å². The zero-order valence-corrected chi connectivity index (χ0v) is 7.58. The van der Waals surface area contributed by atoms with E-state index in [0.29, 0.717) is 10.0 Å². The summed E-state index contributed by atoms with van der Waals surface area (Å²) in [4.78, 5) is 4.42. The van der Waals surface area contributed by atoms with Gasteiger partial charge < -0.3 is 5.73 Å². The smallest absolute Gasteiger partial charge is 0.180 e. The lowest BCUT2D eigenvalue weighted by atomic mass is 10.6. The van der Waals surface area contributed by atoms with Crippen LogP contribution in [0.2, 0.25) is 0 Å². The average molecular weight is 192 g/mol. The topological polar surface area (TPSA) is 73.0 Å². The quantitative estimate of drug-likeness (QED) is 0.730. The third-order valence-corrected chi connectivity index (χ3v) is 2.82. The van der Waals surface area contributed by atoms with Crippen molar-refractivity contribution in [3.05, 3.63) is 11.1 Å². The molecule has 1 aromatic rings. The number of anilines is 1. The van der Waals surface area contributed by atoms with E-state index in [-0.39, 0.29) is 5.75 Å². The molecule has 0 aliphatic carbocycles. The number of sulfone groups is 1. The molecule has 0 atom stereocenters. The van der Waals surface area contributed by atoms with Crippen molar-refractivity contribution < 1.29 is 8.42 Å². The Balaban J connectivity index is 2.81. The predicted molar refractivity (Wildman–Crippen MR) is 45.1 cm³/mol. The summed E-state index contributed by atoms with van der Waals surface area (Å²) in [5, 5.41) is 0.406. The number of nitrogen functional groups attached to an aromatic ring is 1. The lowest BCUT2D eigenvalue weighted by Gasteiger charge is -1.90. The largest absolute Gasteiger partial charge is 0.375 e. The van der Waals surface area contributed by atoms with Crippen LogP contribution in [0, 0.1) is 0 Å². The van der Waals surface area contributed by atoms with Crippen molar-refractivity contribution in [3.63, 3.8) is 0 Å². The Morgan fingerprint density at radius 3 is 2.73 bits per heavy atom. The summed E-state index contributed by atoms with van der Waals surface area (Å²) in [6.45, 7) is 0. The highest BCUT2D eigenvalue weighted by Gasteiger charge is 2.06. The molecular formula is C5H8N2O2S2. The van der Waals surface area contributed by atoms with Crippen LogP contribution in [-0.4, -0.2) is 19.7 Å². The van der Waals surface area contributed by atoms with Gasteiger partial charge in [0.05, 0.1) is 5.75 Å². The number of nitrogens with zero attached hydrogens (tertiary/aromatic N) is 1. The van der Waals surface area contributed by atoms with Crippen LogP contribution in [0.4, 0.5) is 5.13 Å². The van der Waals surface area contributed by atoms with Crippen LogP contribution < -0.4 is 5.73 Å². The molecule has 62 valence electrons. The van der Waals surface area contributed by atoms with E-state index < -0.39 is 9.84 Å². The molecule has 0 amide bonds. The van der Waals surface area contributed by atoms with Gasteiger partial charge in [-0.2, -0.15) is 0 Å². The van der Waals surface area contributed by atoms with Crippen molar-refractivity contribution in [2.75, 3.05) is 12.0 Å². The number of thiazole rings is 1. The molecule has 0 saturated carbocycles. The van der Waals surface area contributed by atoms with E-state index in [9.17, 15) is 8.42 Å². The molecule has 1 rings (SSSR count). The first-order valence-electron chi connectivity index (χ1n) is 2.85. The number of nitrogens with two attached hydrogens (primary N) is 1. The van der Waals surface area contributed by atoms with E-state index in [1.54, 1.807) is 0 Å². The lowest BCUT2D eigenvalue weighted by Crippen LogP contribution is -1.98. The van der Waals surface area contributed by atoms with E-state index in [4.69, 9.17) is 5.73 Å². The normalized spacial score (nSPS) is 11.7. The van der Waals surface area contributed by atoms with E-state index in [0.717, 1.165) is 0 Å². The molecule has 0 bridgehead atoms. The van der Waals surface area contributed by atoms with Crippen LogP contribution in [-0.2, 0) is 15.6 Å². The lowest BCUT2D eigenvalue weighted by molar-refractivity contribution is 0.601. The van der Waals surface area contributed by atoms with Gasteiger partial charge in [0.25, 0.3) is 0 Å². The van der Waals surface area contributed by atoms with Crippen LogP contribution in [0.3, 0.4) is 0 Å². The molecule has 0 aliphatic heterocycles. The number of rotatable bonds is 2. The summed E-state index contributed by atoms with van der Waals surface area (Å²) in [5.41, 5.74) is 5.31. The second-order valence-corrected chi connectivity index (χ2v) is 5.52. The van der Waals surface area contributed by atoms with Gasteiger partial charge in [-0.15, -0.1) is 11.3 Å². The van der Waals surface area contributed by atoms with Gasteiger partial charge in [0.2, 0.25) is 0 Å². The van der Waals surface area contributed by atoms with Gasteiger partial charge in [-0.1, -0.05) is 0 Å². The van der Waals surface area contributed by atoms with Gasteiger partial charge in [-0.3, -0.25) is 0 Å². The first kappa shape index (κ1) is 8.48. The van der Waals surface area contributed by atoms with E-state index in [1.165, 1.54) is 23.8 Å². The molecule has 0 aromatic carbocycles. The molecule has 0 unspecified atom stereocenters. The Kier molecular flexibility index (Phi) is 2.15. The van der Waals surface area contributed by atoms with Crippen LogP contribution in [0.15, 0.2) is 6.20 Å². The molecule has 0 radical (unpaired) electrons. The first-order chi connectivity index (χ1) is 4.97. The molecule has 4 nitrogen and oxygen atoms in total. The van der Waals surface area contributed by atoms with Gasteiger partial charge >= 0.3 is 0 Å². The first-order valence-corrected chi connectivity index (χ1v) is 5.73. The van der Waals surface area contributed by atoms with Crippen molar-refractivity contribution in [2.24, 2.45) is 0 Å². The molecule has 6 heteroatoms. The highest BCUT2D eigenvalue weighted by molar-refractivity contribution is 7.90. The highest BCUT2D eigenvalue weighted by atomic mass is 32.2. The fourth-order valence-electron chi connectivity index (χ4n) is 0.648. The van der Waals surface area contributed by atoms with Crippen molar-refractivity contribution in [3.8, 4) is 0 Å². The maximum atomic E-state index is 10.7. The minimum absolute atomic E-state index is 0.0296. The van der Waals surface area contributed by atoms with Gasteiger partial charge in [-0.25, -0.2) is 13.4 Å². The molecule has 0 spiro atoms.